The Morgan fingerprint density at radius 1 is 1.75 bits per heavy atom. The van der Waals surface area contributed by atoms with Gasteiger partial charge in [-0.25, -0.2) is 4.79 Å². The summed E-state index contributed by atoms with van der Waals surface area (Å²) in [5.74, 6) is -0.879. The number of hydrogen-bond donors (Lipinski definition) is 1. The molecule has 0 unspecified atom stereocenters. The topological polar surface area (TPSA) is 37.3 Å². The zero-order valence-corrected chi connectivity index (χ0v) is 8.78. The Morgan fingerprint density at radius 2 is 2.42 bits per heavy atom. The van der Waals surface area contributed by atoms with Crippen molar-refractivity contribution in [3.8, 4) is 0 Å². The van der Waals surface area contributed by atoms with Crippen molar-refractivity contribution in [1.29, 1.82) is 0 Å². The summed E-state index contributed by atoms with van der Waals surface area (Å²) in [6, 6.07) is 1.89. The van der Waals surface area contributed by atoms with Crippen LogP contribution in [0.15, 0.2) is 21.5 Å². The summed E-state index contributed by atoms with van der Waals surface area (Å²) in [7, 11) is 0. The fraction of sp³-hybridized carbons (Fsp3) is 0.125. The van der Waals surface area contributed by atoms with E-state index >= 15 is 0 Å². The van der Waals surface area contributed by atoms with Crippen molar-refractivity contribution < 1.29 is 9.90 Å². The maximum absolute atomic E-state index is 10.5. The number of halogens is 1. The highest BCUT2D eigenvalue weighted by molar-refractivity contribution is 9.10. The monoisotopic (exact) mass is 246 g/mol. The molecule has 1 rings (SSSR count). The molecule has 0 aromatic carbocycles. The summed E-state index contributed by atoms with van der Waals surface area (Å²) in [5, 5.41) is 10.5. The minimum absolute atomic E-state index is 0.346. The quantitative estimate of drug-likeness (QED) is 0.815. The highest BCUT2D eigenvalue weighted by atomic mass is 79.9. The summed E-state index contributed by atoms with van der Waals surface area (Å²) in [6.07, 6.45) is 1.65. The van der Waals surface area contributed by atoms with E-state index in [1.54, 1.807) is 13.0 Å². The molecule has 4 heteroatoms. The standard InChI is InChI=1S/C8H7BrO2S/c1-5(8(10)11)4-7-6(9)2-3-12-7/h2-4H,1H3,(H,10,11)/b5-4+. The van der Waals surface area contributed by atoms with Crippen molar-refractivity contribution in [2.24, 2.45) is 0 Å². The molecule has 0 amide bonds. The van der Waals surface area contributed by atoms with Crippen LogP contribution in [0.4, 0.5) is 0 Å². The molecule has 1 heterocycles. The number of aliphatic carboxylic acids is 1. The smallest absolute Gasteiger partial charge is 0.331 e. The fourth-order valence-electron chi connectivity index (χ4n) is 0.667. The van der Waals surface area contributed by atoms with E-state index in [9.17, 15) is 4.79 Å². The molecular weight excluding hydrogens is 240 g/mol. The molecule has 0 bridgehead atoms. The van der Waals surface area contributed by atoms with Gasteiger partial charge in [-0.2, -0.15) is 0 Å². The minimum Gasteiger partial charge on any atom is -0.478 e. The Morgan fingerprint density at radius 3 is 2.83 bits per heavy atom. The Kier molecular flexibility index (Phi) is 3.05. The third-order valence-corrected chi connectivity index (χ3v) is 3.15. The predicted molar refractivity (Wildman–Crippen MR) is 53.3 cm³/mol. The molecule has 1 aromatic heterocycles. The molecule has 0 aliphatic heterocycles. The van der Waals surface area contributed by atoms with Crippen molar-refractivity contribution in [1.82, 2.24) is 0 Å². The van der Waals surface area contributed by atoms with Gasteiger partial charge in [0.15, 0.2) is 0 Å². The molecule has 1 aromatic rings. The molecule has 0 fully saturated rings. The van der Waals surface area contributed by atoms with Crippen LogP contribution >= 0.6 is 27.3 Å². The average Bonchev–Trinajstić information content (AvgIpc) is 2.36. The SMILES string of the molecule is C/C(=C\c1sccc1Br)C(=O)O. The van der Waals surface area contributed by atoms with Crippen LogP contribution in [0.1, 0.15) is 11.8 Å². The lowest BCUT2D eigenvalue weighted by Gasteiger charge is -1.91. The van der Waals surface area contributed by atoms with Gasteiger partial charge in [0.1, 0.15) is 0 Å². The van der Waals surface area contributed by atoms with E-state index in [-0.39, 0.29) is 0 Å². The van der Waals surface area contributed by atoms with Crippen molar-refractivity contribution >= 4 is 39.3 Å². The summed E-state index contributed by atoms with van der Waals surface area (Å²) in [4.78, 5) is 11.4. The lowest BCUT2D eigenvalue weighted by atomic mass is 10.2. The maximum atomic E-state index is 10.5. The first kappa shape index (κ1) is 9.48. The Labute approximate surface area is 82.7 Å². The first-order valence-electron chi connectivity index (χ1n) is 3.26. The van der Waals surface area contributed by atoms with Crippen molar-refractivity contribution in [3.05, 3.63) is 26.4 Å². The van der Waals surface area contributed by atoms with E-state index in [1.807, 2.05) is 11.4 Å². The van der Waals surface area contributed by atoms with Crippen LogP contribution in [0.5, 0.6) is 0 Å². The highest BCUT2D eigenvalue weighted by Crippen LogP contribution is 2.24. The minimum atomic E-state index is -0.879. The van der Waals surface area contributed by atoms with Gasteiger partial charge >= 0.3 is 5.97 Å². The molecule has 0 saturated carbocycles. The van der Waals surface area contributed by atoms with Gasteiger partial charge in [0.25, 0.3) is 0 Å². The van der Waals surface area contributed by atoms with Crippen LogP contribution < -0.4 is 0 Å². The van der Waals surface area contributed by atoms with E-state index < -0.39 is 5.97 Å². The number of carboxylic acid groups (broad SMARTS) is 1. The molecule has 1 N–H and O–H groups in total. The Bertz CT molecular complexity index is 328. The zero-order valence-electron chi connectivity index (χ0n) is 6.37. The number of carboxylic acids is 1. The maximum Gasteiger partial charge on any atom is 0.331 e. The molecule has 0 aliphatic rings. The van der Waals surface area contributed by atoms with Crippen molar-refractivity contribution in [2.75, 3.05) is 0 Å². The molecule has 12 heavy (non-hydrogen) atoms. The Balaban J connectivity index is 2.95. The van der Waals surface area contributed by atoms with Gasteiger partial charge in [0.05, 0.1) is 0 Å². The largest absolute Gasteiger partial charge is 0.478 e. The third-order valence-electron chi connectivity index (χ3n) is 1.33. The average molecular weight is 247 g/mol. The van der Waals surface area contributed by atoms with Crippen LogP contribution in [0.2, 0.25) is 0 Å². The normalized spacial score (nSPS) is 11.7. The van der Waals surface area contributed by atoms with Gasteiger partial charge in [-0.05, 0) is 40.4 Å². The van der Waals surface area contributed by atoms with E-state index in [2.05, 4.69) is 15.9 Å². The fourth-order valence-corrected chi connectivity index (χ4v) is 2.14. The third kappa shape index (κ3) is 2.19. The zero-order chi connectivity index (χ0) is 9.14. The van der Waals surface area contributed by atoms with Crippen molar-refractivity contribution in [2.45, 2.75) is 6.92 Å². The second-order valence-corrected chi connectivity index (χ2v) is 4.07. The number of hydrogen-bond acceptors (Lipinski definition) is 2. The molecule has 64 valence electrons. The first-order chi connectivity index (χ1) is 5.61. The highest BCUT2D eigenvalue weighted by Gasteiger charge is 2.02. The van der Waals surface area contributed by atoms with Gasteiger partial charge in [0, 0.05) is 14.9 Å². The van der Waals surface area contributed by atoms with Crippen LogP contribution in [0.3, 0.4) is 0 Å². The second kappa shape index (κ2) is 3.87. The number of thiophene rings is 1. The van der Waals surface area contributed by atoms with Gasteiger partial charge < -0.3 is 5.11 Å². The molecule has 0 spiro atoms. The summed E-state index contributed by atoms with van der Waals surface area (Å²) in [5.41, 5.74) is 0.346. The summed E-state index contributed by atoms with van der Waals surface area (Å²) < 4.78 is 0.938. The molecule has 0 atom stereocenters. The van der Waals surface area contributed by atoms with Gasteiger partial charge in [-0.1, -0.05) is 0 Å². The van der Waals surface area contributed by atoms with Gasteiger partial charge in [0.2, 0.25) is 0 Å². The van der Waals surface area contributed by atoms with Crippen LogP contribution in [-0.4, -0.2) is 11.1 Å². The number of carbonyl (C=O) groups is 1. The lowest BCUT2D eigenvalue weighted by Crippen LogP contribution is -1.94. The van der Waals surface area contributed by atoms with Gasteiger partial charge in [-0.3, -0.25) is 0 Å². The lowest BCUT2D eigenvalue weighted by molar-refractivity contribution is -0.132. The van der Waals surface area contributed by atoms with E-state index in [4.69, 9.17) is 5.11 Å². The molecule has 2 nitrogen and oxygen atoms in total. The first-order valence-corrected chi connectivity index (χ1v) is 4.93. The number of rotatable bonds is 2. The van der Waals surface area contributed by atoms with Crippen LogP contribution in [-0.2, 0) is 4.79 Å². The molecule has 0 aliphatic carbocycles. The predicted octanol–water partition coefficient (Wildman–Crippen LogP) is 3.00. The van der Waals surface area contributed by atoms with Gasteiger partial charge in [-0.15, -0.1) is 11.3 Å². The van der Waals surface area contributed by atoms with Crippen molar-refractivity contribution in [3.63, 3.8) is 0 Å². The summed E-state index contributed by atoms with van der Waals surface area (Å²) >= 11 is 4.83. The van der Waals surface area contributed by atoms with E-state index in [0.29, 0.717) is 5.57 Å². The van der Waals surface area contributed by atoms with Crippen LogP contribution in [0, 0.1) is 0 Å². The van der Waals surface area contributed by atoms with Crippen LogP contribution in [0.25, 0.3) is 6.08 Å². The molecule has 0 saturated heterocycles. The molecular formula is C8H7BrO2S. The van der Waals surface area contributed by atoms with E-state index in [0.717, 1.165) is 9.35 Å². The molecule has 0 radical (unpaired) electrons. The second-order valence-electron chi connectivity index (χ2n) is 2.27. The van der Waals surface area contributed by atoms with E-state index in [1.165, 1.54) is 11.3 Å². The summed E-state index contributed by atoms with van der Waals surface area (Å²) in [6.45, 7) is 1.58. The Hall–Kier alpha value is -0.610.